The standard InChI is InChI=1S/C26H34N2O7/c1-7-8-12-28-22(29)15-18(23(28)17-10-9-11-19(31-2)24(17)34-5)26(30)27-16-13-20(32-3)25(35-6)21(14-16)33-4/h9-11,13-14,18,23H,7-8,12,15H2,1-6H3,(H,27,30)/t18-,23+/m0/s1. The average Bonchev–Trinajstić information content (AvgIpc) is 3.21. The van der Waals surface area contributed by atoms with E-state index in [2.05, 4.69) is 12.2 Å². The lowest BCUT2D eigenvalue weighted by molar-refractivity contribution is -0.129. The van der Waals surface area contributed by atoms with Gasteiger partial charge in [-0.3, -0.25) is 9.59 Å². The van der Waals surface area contributed by atoms with Gasteiger partial charge in [0, 0.05) is 36.3 Å². The van der Waals surface area contributed by atoms with Crippen LogP contribution in [0.15, 0.2) is 30.3 Å². The van der Waals surface area contributed by atoms with E-state index in [0.29, 0.717) is 41.0 Å². The zero-order chi connectivity index (χ0) is 25.5. The number of ether oxygens (including phenoxy) is 5. The van der Waals surface area contributed by atoms with Crippen LogP contribution in [0.2, 0.25) is 0 Å². The molecular formula is C26H34N2O7. The topological polar surface area (TPSA) is 95.6 Å². The van der Waals surface area contributed by atoms with Crippen molar-refractivity contribution in [1.29, 1.82) is 0 Å². The Morgan fingerprint density at radius 2 is 1.57 bits per heavy atom. The lowest BCUT2D eigenvalue weighted by Crippen LogP contribution is -2.33. The minimum atomic E-state index is -0.639. The summed E-state index contributed by atoms with van der Waals surface area (Å²) in [4.78, 5) is 28.5. The third kappa shape index (κ3) is 5.23. The molecule has 1 aliphatic heterocycles. The molecule has 9 heteroatoms. The second kappa shape index (κ2) is 11.7. The van der Waals surface area contributed by atoms with Gasteiger partial charge < -0.3 is 33.9 Å². The van der Waals surface area contributed by atoms with Gasteiger partial charge >= 0.3 is 0 Å². The Hall–Kier alpha value is -3.62. The molecule has 0 spiro atoms. The fourth-order valence-electron chi connectivity index (χ4n) is 4.54. The first-order valence-corrected chi connectivity index (χ1v) is 11.5. The number of nitrogens with zero attached hydrogens (tertiary/aromatic N) is 1. The number of carbonyl (C=O) groups is 2. The molecule has 0 aliphatic carbocycles. The van der Waals surface area contributed by atoms with Gasteiger partial charge in [-0.2, -0.15) is 0 Å². The van der Waals surface area contributed by atoms with Crippen LogP contribution >= 0.6 is 0 Å². The lowest BCUT2D eigenvalue weighted by atomic mass is 9.91. The number of hydrogen-bond donors (Lipinski definition) is 1. The Balaban J connectivity index is 2.01. The summed E-state index contributed by atoms with van der Waals surface area (Å²) in [5.41, 5.74) is 1.21. The van der Waals surface area contributed by atoms with Crippen LogP contribution in [0.3, 0.4) is 0 Å². The van der Waals surface area contributed by atoms with E-state index in [1.165, 1.54) is 21.3 Å². The highest BCUT2D eigenvalue weighted by molar-refractivity contribution is 5.98. The summed E-state index contributed by atoms with van der Waals surface area (Å²) in [6, 6.07) is 8.33. The molecule has 0 unspecified atom stereocenters. The summed E-state index contributed by atoms with van der Waals surface area (Å²) in [6.45, 7) is 2.62. The van der Waals surface area contributed by atoms with Gasteiger partial charge in [0.15, 0.2) is 23.0 Å². The van der Waals surface area contributed by atoms with E-state index < -0.39 is 12.0 Å². The first-order valence-electron chi connectivity index (χ1n) is 11.5. The highest BCUT2D eigenvalue weighted by Gasteiger charge is 2.45. The van der Waals surface area contributed by atoms with Crippen molar-refractivity contribution in [3.8, 4) is 28.7 Å². The molecule has 0 radical (unpaired) electrons. The van der Waals surface area contributed by atoms with Crippen molar-refractivity contribution in [3.05, 3.63) is 35.9 Å². The molecule has 1 heterocycles. The van der Waals surface area contributed by atoms with Gasteiger partial charge in [0.1, 0.15) is 0 Å². The molecule has 190 valence electrons. The minimum Gasteiger partial charge on any atom is -0.493 e. The molecular weight excluding hydrogens is 452 g/mol. The molecule has 1 aliphatic rings. The average molecular weight is 487 g/mol. The molecule has 35 heavy (non-hydrogen) atoms. The van der Waals surface area contributed by atoms with Gasteiger partial charge in [-0.15, -0.1) is 0 Å². The first-order chi connectivity index (χ1) is 16.9. The zero-order valence-electron chi connectivity index (χ0n) is 21.2. The maximum atomic E-state index is 13.6. The number of nitrogens with one attached hydrogen (secondary N) is 1. The molecule has 3 rings (SSSR count). The highest BCUT2D eigenvalue weighted by Crippen LogP contribution is 2.46. The smallest absolute Gasteiger partial charge is 0.230 e. The zero-order valence-corrected chi connectivity index (χ0v) is 21.2. The molecule has 0 aromatic heterocycles. The van der Waals surface area contributed by atoms with Gasteiger partial charge in [-0.05, 0) is 12.5 Å². The van der Waals surface area contributed by atoms with Crippen molar-refractivity contribution in [2.24, 2.45) is 5.92 Å². The van der Waals surface area contributed by atoms with E-state index in [1.54, 1.807) is 37.3 Å². The van der Waals surface area contributed by atoms with Crippen molar-refractivity contribution in [2.75, 3.05) is 47.4 Å². The van der Waals surface area contributed by atoms with Crippen molar-refractivity contribution in [1.82, 2.24) is 4.90 Å². The Bertz CT molecular complexity index is 1030. The predicted molar refractivity (Wildman–Crippen MR) is 132 cm³/mol. The van der Waals surface area contributed by atoms with Crippen LogP contribution in [0.1, 0.15) is 37.8 Å². The van der Waals surface area contributed by atoms with Gasteiger partial charge in [-0.25, -0.2) is 0 Å². The maximum Gasteiger partial charge on any atom is 0.230 e. The number of amides is 2. The fourth-order valence-corrected chi connectivity index (χ4v) is 4.54. The summed E-state index contributed by atoms with van der Waals surface area (Å²) in [6.07, 6.45) is 1.84. The molecule has 2 aromatic carbocycles. The first kappa shape index (κ1) is 26.0. The minimum absolute atomic E-state index is 0.0710. The van der Waals surface area contributed by atoms with Crippen LogP contribution in [-0.2, 0) is 9.59 Å². The fraction of sp³-hybridized carbons (Fsp3) is 0.462. The number of likely N-dealkylation sites (tertiary alicyclic amines) is 1. The number of anilines is 1. The third-order valence-corrected chi connectivity index (χ3v) is 6.21. The van der Waals surface area contributed by atoms with Crippen molar-refractivity contribution >= 4 is 17.5 Å². The largest absolute Gasteiger partial charge is 0.493 e. The van der Waals surface area contributed by atoms with Crippen LogP contribution in [0.5, 0.6) is 28.7 Å². The Kier molecular flexibility index (Phi) is 8.68. The third-order valence-electron chi connectivity index (χ3n) is 6.21. The van der Waals surface area contributed by atoms with E-state index in [1.807, 2.05) is 12.1 Å². The summed E-state index contributed by atoms with van der Waals surface area (Å²) >= 11 is 0. The molecule has 1 saturated heterocycles. The van der Waals surface area contributed by atoms with E-state index in [-0.39, 0.29) is 18.2 Å². The highest BCUT2D eigenvalue weighted by atomic mass is 16.5. The van der Waals surface area contributed by atoms with E-state index in [9.17, 15) is 9.59 Å². The Labute approximate surface area is 206 Å². The van der Waals surface area contributed by atoms with Crippen molar-refractivity contribution in [2.45, 2.75) is 32.2 Å². The number of rotatable bonds is 11. The predicted octanol–water partition coefficient (Wildman–Crippen LogP) is 4.06. The molecule has 0 bridgehead atoms. The second-order valence-corrected chi connectivity index (χ2v) is 8.18. The van der Waals surface area contributed by atoms with Crippen LogP contribution < -0.4 is 29.0 Å². The van der Waals surface area contributed by atoms with Crippen LogP contribution in [0.25, 0.3) is 0 Å². The second-order valence-electron chi connectivity index (χ2n) is 8.18. The van der Waals surface area contributed by atoms with Crippen LogP contribution in [-0.4, -0.2) is 58.8 Å². The van der Waals surface area contributed by atoms with E-state index >= 15 is 0 Å². The van der Waals surface area contributed by atoms with Gasteiger partial charge in [-0.1, -0.05) is 25.5 Å². The van der Waals surface area contributed by atoms with E-state index in [4.69, 9.17) is 23.7 Å². The number of unbranched alkanes of at least 4 members (excludes halogenated alkanes) is 1. The normalized spacial score (nSPS) is 17.2. The number of methoxy groups -OCH3 is 5. The molecule has 2 aromatic rings. The van der Waals surface area contributed by atoms with Gasteiger partial charge in [0.25, 0.3) is 0 Å². The Morgan fingerprint density at radius 3 is 2.11 bits per heavy atom. The molecule has 2 atom stereocenters. The molecule has 2 amide bonds. The molecule has 9 nitrogen and oxygen atoms in total. The van der Waals surface area contributed by atoms with E-state index in [0.717, 1.165) is 18.4 Å². The van der Waals surface area contributed by atoms with Crippen molar-refractivity contribution in [3.63, 3.8) is 0 Å². The summed E-state index contributed by atoms with van der Waals surface area (Å²) < 4.78 is 27.3. The lowest BCUT2D eigenvalue weighted by Gasteiger charge is -2.30. The van der Waals surface area contributed by atoms with Gasteiger partial charge in [0.05, 0.1) is 47.5 Å². The Morgan fingerprint density at radius 1 is 0.943 bits per heavy atom. The molecule has 1 fully saturated rings. The SMILES string of the molecule is CCCCN1C(=O)C[C@H](C(=O)Nc2cc(OC)c(OC)c(OC)c2)[C@H]1c1cccc(OC)c1OC. The monoisotopic (exact) mass is 486 g/mol. The number of hydrogen-bond acceptors (Lipinski definition) is 7. The maximum absolute atomic E-state index is 13.6. The van der Waals surface area contributed by atoms with Crippen molar-refractivity contribution < 1.29 is 33.3 Å². The van der Waals surface area contributed by atoms with Crippen LogP contribution in [0.4, 0.5) is 5.69 Å². The number of carbonyl (C=O) groups excluding carboxylic acids is 2. The number of benzene rings is 2. The van der Waals surface area contributed by atoms with Gasteiger partial charge in [0.2, 0.25) is 17.6 Å². The quantitative estimate of drug-likeness (QED) is 0.512. The van der Waals surface area contributed by atoms with Crippen LogP contribution in [0, 0.1) is 5.92 Å². The summed E-state index contributed by atoms with van der Waals surface area (Å²) in [5.74, 6) is 1.32. The summed E-state index contributed by atoms with van der Waals surface area (Å²) in [5, 5.41) is 2.94. The summed E-state index contributed by atoms with van der Waals surface area (Å²) in [7, 11) is 7.65. The molecule has 1 N–H and O–H groups in total. The molecule has 0 saturated carbocycles. The number of para-hydroxylation sites is 1.